The van der Waals surface area contributed by atoms with Crippen LogP contribution in [-0.2, 0) is 0 Å². The third kappa shape index (κ3) is 3.58. The second-order valence-electron chi connectivity index (χ2n) is 5.20. The molecule has 2 unspecified atom stereocenters. The lowest BCUT2D eigenvalue weighted by Gasteiger charge is -2.37. The van der Waals surface area contributed by atoms with Gasteiger partial charge >= 0.3 is 0 Å². The van der Waals surface area contributed by atoms with Gasteiger partial charge in [-0.05, 0) is 51.4 Å². The van der Waals surface area contributed by atoms with E-state index in [0.717, 1.165) is 17.9 Å². The maximum absolute atomic E-state index is 3.46. The van der Waals surface area contributed by atoms with Crippen LogP contribution < -0.4 is 5.32 Å². The number of nitrogens with zero attached hydrogens (tertiary/aromatic N) is 1. The first-order chi connectivity index (χ1) is 6.61. The van der Waals surface area contributed by atoms with Crippen molar-refractivity contribution in [2.24, 2.45) is 11.8 Å². The fraction of sp³-hybridized carbons (Fsp3) is 1.00. The number of rotatable bonds is 4. The van der Waals surface area contributed by atoms with E-state index in [4.69, 9.17) is 0 Å². The lowest BCUT2D eigenvalue weighted by Crippen LogP contribution is -2.47. The summed E-state index contributed by atoms with van der Waals surface area (Å²) in [6.07, 6.45) is 2.64. The summed E-state index contributed by atoms with van der Waals surface area (Å²) >= 11 is 0. The molecular weight excluding hydrogens is 172 g/mol. The van der Waals surface area contributed by atoms with Gasteiger partial charge in [-0.2, -0.15) is 0 Å². The van der Waals surface area contributed by atoms with E-state index < -0.39 is 0 Å². The van der Waals surface area contributed by atoms with Crippen molar-refractivity contribution in [2.75, 3.05) is 26.7 Å². The quantitative estimate of drug-likeness (QED) is 0.743. The molecule has 0 bridgehead atoms. The predicted molar refractivity (Wildman–Crippen MR) is 62.5 cm³/mol. The van der Waals surface area contributed by atoms with Gasteiger partial charge in [-0.15, -0.1) is 0 Å². The highest BCUT2D eigenvalue weighted by molar-refractivity contribution is 4.81. The molecule has 0 aromatic heterocycles. The zero-order valence-electron chi connectivity index (χ0n) is 10.2. The van der Waals surface area contributed by atoms with Crippen LogP contribution in [0.15, 0.2) is 0 Å². The molecule has 0 aliphatic carbocycles. The number of nitrogens with one attached hydrogen (secondary N) is 1. The Bertz CT molecular complexity index is 156. The van der Waals surface area contributed by atoms with Gasteiger partial charge in [0.05, 0.1) is 0 Å². The van der Waals surface area contributed by atoms with Gasteiger partial charge in [0, 0.05) is 6.04 Å². The molecule has 1 fully saturated rings. The molecule has 84 valence electrons. The summed E-state index contributed by atoms with van der Waals surface area (Å²) in [5, 5.41) is 3.46. The minimum Gasteiger partial charge on any atom is -0.316 e. The summed E-state index contributed by atoms with van der Waals surface area (Å²) in [6.45, 7) is 10.6. The largest absolute Gasteiger partial charge is 0.316 e. The molecule has 1 N–H and O–H groups in total. The Hall–Kier alpha value is -0.0800. The number of hydrogen-bond acceptors (Lipinski definition) is 2. The van der Waals surface area contributed by atoms with Crippen molar-refractivity contribution >= 4 is 0 Å². The Morgan fingerprint density at radius 2 is 2.14 bits per heavy atom. The van der Waals surface area contributed by atoms with E-state index in [9.17, 15) is 0 Å². The SMILES string of the molecule is CC(C)CCN(C)C1CCNCC1C. The van der Waals surface area contributed by atoms with E-state index >= 15 is 0 Å². The predicted octanol–water partition coefficient (Wildman–Crippen LogP) is 1.96. The van der Waals surface area contributed by atoms with Gasteiger partial charge in [-0.3, -0.25) is 0 Å². The van der Waals surface area contributed by atoms with E-state index in [-0.39, 0.29) is 0 Å². The van der Waals surface area contributed by atoms with Gasteiger partial charge in [0.25, 0.3) is 0 Å². The van der Waals surface area contributed by atoms with Crippen molar-refractivity contribution in [2.45, 2.75) is 39.7 Å². The fourth-order valence-corrected chi connectivity index (χ4v) is 2.28. The van der Waals surface area contributed by atoms with Crippen molar-refractivity contribution in [3.8, 4) is 0 Å². The third-order valence-electron chi connectivity index (χ3n) is 3.37. The zero-order chi connectivity index (χ0) is 10.6. The Kier molecular flexibility index (Phi) is 4.90. The Labute approximate surface area is 89.1 Å². The number of hydrogen-bond donors (Lipinski definition) is 1. The highest BCUT2D eigenvalue weighted by Gasteiger charge is 2.24. The van der Waals surface area contributed by atoms with Gasteiger partial charge in [0.15, 0.2) is 0 Å². The van der Waals surface area contributed by atoms with Gasteiger partial charge in [-0.25, -0.2) is 0 Å². The maximum Gasteiger partial charge on any atom is 0.0142 e. The summed E-state index contributed by atoms with van der Waals surface area (Å²) in [5.74, 6) is 1.63. The van der Waals surface area contributed by atoms with E-state index in [1.165, 1.54) is 32.5 Å². The monoisotopic (exact) mass is 198 g/mol. The molecule has 1 aliphatic heterocycles. The van der Waals surface area contributed by atoms with Crippen LogP contribution in [0.1, 0.15) is 33.6 Å². The molecule has 0 radical (unpaired) electrons. The lowest BCUT2D eigenvalue weighted by atomic mass is 9.93. The minimum absolute atomic E-state index is 0.801. The molecule has 0 aromatic rings. The molecule has 1 saturated heterocycles. The van der Waals surface area contributed by atoms with E-state index in [1.807, 2.05) is 0 Å². The normalized spacial score (nSPS) is 28.7. The van der Waals surface area contributed by atoms with Crippen molar-refractivity contribution < 1.29 is 0 Å². The van der Waals surface area contributed by atoms with Gasteiger partial charge < -0.3 is 10.2 Å². The Balaban J connectivity index is 2.30. The summed E-state index contributed by atoms with van der Waals surface area (Å²) in [4.78, 5) is 2.56. The van der Waals surface area contributed by atoms with Gasteiger partial charge in [0.2, 0.25) is 0 Å². The molecule has 0 aromatic carbocycles. The van der Waals surface area contributed by atoms with Crippen molar-refractivity contribution in [3.05, 3.63) is 0 Å². The first kappa shape index (κ1) is 12.0. The van der Waals surface area contributed by atoms with Crippen LogP contribution in [0.2, 0.25) is 0 Å². The van der Waals surface area contributed by atoms with Crippen molar-refractivity contribution in [3.63, 3.8) is 0 Å². The Morgan fingerprint density at radius 1 is 1.43 bits per heavy atom. The summed E-state index contributed by atoms with van der Waals surface area (Å²) in [5.41, 5.74) is 0. The molecule has 2 heteroatoms. The van der Waals surface area contributed by atoms with E-state index in [0.29, 0.717) is 0 Å². The first-order valence-electron chi connectivity index (χ1n) is 6.02. The standard InChI is InChI=1S/C12H26N2/c1-10(2)6-8-14(4)12-5-7-13-9-11(12)3/h10-13H,5-9H2,1-4H3. The topological polar surface area (TPSA) is 15.3 Å². The van der Waals surface area contributed by atoms with Crippen LogP contribution in [0.25, 0.3) is 0 Å². The molecule has 0 spiro atoms. The van der Waals surface area contributed by atoms with Crippen LogP contribution in [0, 0.1) is 11.8 Å². The van der Waals surface area contributed by atoms with Crippen LogP contribution in [0.4, 0.5) is 0 Å². The van der Waals surface area contributed by atoms with Crippen LogP contribution in [0.3, 0.4) is 0 Å². The molecular formula is C12H26N2. The average molecular weight is 198 g/mol. The van der Waals surface area contributed by atoms with E-state index in [2.05, 4.69) is 38.0 Å². The smallest absolute Gasteiger partial charge is 0.0142 e. The van der Waals surface area contributed by atoms with Gasteiger partial charge in [0.1, 0.15) is 0 Å². The van der Waals surface area contributed by atoms with Crippen LogP contribution >= 0.6 is 0 Å². The van der Waals surface area contributed by atoms with Crippen LogP contribution in [-0.4, -0.2) is 37.6 Å². The molecule has 14 heavy (non-hydrogen) atoms. The molecule has 0 saturated carbocycles. The summed E-state index contributed by atoms with van der Waals surface area (Å²) in [6, 6.07) is 0.801. The van der Waals surface area contributed by atoms with Crippen molar-refractivity contribution in [1.29, 1.82) is 0 Å². The molecule has 0 amide bonds. The summed E-state index contributed by atoms with van der Waals surface area (Å²) in [7, 11) is 2.29. The average Bonchev–Trinajstić information content (AvgIpc) is 2.15. The Morgan fingerprint density at radius 3 is 2.71 bits per heavy atom. The molecule has 1 rings (SSSR count). The lowest BCUT2D eigenvalue weighted by molar-refractivity contribution is 0.143. The molecule has 1 aliphatic rings. The minimum atomic E-state index is 0.801. The third-order valence-corrected chi connectivity index (χ3v) is 3.37. The molecule has 2 atom stereocenters. The highest BCUT2D eigenvalue weighted by atomic mass is 15.1. The van der Waals surface area contributed by atoms with Gasteiger partial charge in [-0.1, -0.05) is 20.8 Å². The van der Waals surface area contributed by atoms with E-state index in [1.54, 1.807) is 0 Å². The molecule has 1 heterocycles. The molecule has 2 nitrogen and oxygen atoms in total. The zero-order valence-corrected chi connectivity index (χ0v) is 10.2. The first-order valence-corrected chi connectivity index (χ1v) is 6.02. The summed E-state index contributed by atoms with van der Waals surface area (Å²) < 4.78 is 0. The highest BCUT2D eigenvalue weighted by Crippen LogP contribution is 2.17. The van der Waals surface area contributed by atoms with Crippen molar-refractivity contribution in [1.82, 2.24) is 10.2 Å². The van der Waals surface area contributed by atoms with Crippen LogP contribution in [0.5, 0.6) is 0 Å². The second kappa shape index (κ2) is 5.72. The maximum atomic E-state index is 3.46. The fourth-order valence-electron chi connectivity index (χ4n) is 2.28. The number of piperidine rings is 1. The second-order valence-corrected chi connectivity index (χ2v) is 5.20.